The second-order valence-corrected chi connectivity index (χ2v) is 13.0. The number of benzene rings is 4. The molecule has 2 aliphatic rings. The van der Waals surface area contributed by atoms with Crippen LogP contribution in [0.4, 0.5) is 11.5 Å². The Morgan fingerprint density at radius 3 is 1.72 bits per heavy atom. The molecule has 2 fully saturated rings. The van der Waals surface area contributed by atoms with Crippen LogP contribution in [0.1, 0.15) is 36.8 Å². The number of rotatable bonds is 9. The van der Waals surface area contributed by atoms with Crippen molar-refractivity contribution in [3.63, 3.8) is 0 Å². The minimum absolute atomic E-state index is 0.0312. The van der Waals surface area contributed by atoms with Crippen molar-refractivity contribution >= 4 is 45.9 Å². The molecular weight excluding hydrogens is 626 g/mol. The van der Waals surface area contributed by atoms with Crippen LogP contribution in [0.3, 0.4) is 0 Å². The van der Waals surface area contributed by atoms with E-state index in [1.54, 1.807) is 22.1 Å². The monoisotopic (exact) mass is 665 g/mol. The van der Waals surface area contributed by atoms with Gasteiger partial charge >= 0.3 is 0 Å². The first kappa shape index (κ1) is 32.7. The highest BCUT2D eigenvalue weighted by Crippen LogP contribution is 2.28. The first-order valence-corrected chi connectivity index (χ1v) is 17.2. The molecule has 1 aromatic heterocycles. The van der Waals surface area contributed by atoms with Gasteiger partial charge in [0.15, 0.2) is 0 Å². The molecular formula is C41H39N5O4. The number of hydrogen-bond acceptors (Lipinski definition) is 5. The Bertz CT molecular complexity index is 2020. The molecule has 9 nitrogen and oxygen atoms in total. The molecule has 4 amide bonds. The highest BCUT2D eigenvalue weighted by atomic mass is 16.2. The number of carbonyl (C=O) groups is 4. The summed E-state index contributed by atoms with van der Waals surface area (Å²) in [5.41, 5.74) is 4.41. The predicted octanol–water partition coefficient (Wildman–Crippen LogP) is 6.25. The van der Waals surface area contributed by atoms with E-state index in [4.69, 9.17) is 0 Å². The molecule has 2 aliphatic heterocycles. The second-order valence-electron chi connectivity index (χ2n) is 13.0. The quantitative estimate of drug-likeness (QED) is 0.194. The van der Waals surface area contributed by atoms with Crippen LogP contribution < -0.4 is 10.6 Å². The number of carbonyl (C=O) groups excluding carboxylic acids is 4. The van der Waals surface area contributed by atoms with Crippen molar-refractivity contribution in [2.24, 2.45) is 0 Å². The number of fused-ring (bicyclic) bond motifs is 1. The summed E-state index contributed by atoms with van der Waals surface area (Å²) in [4.78, 5) is 60.4. The third-order valence-corrected chi connectivity index (χ3v) is 9.60. The molecule has 2 N–H and O–H groups in total. The van der Waals surface area contributed by atoms with Crippen LogP contribution in [0, 0.1) is 0 Å². The highest BCUT2D eigenvalue weighted by molar-refractivity contribution is 6.00. The largest absolute Gasteiger partial charge is 0.330 e. The number of aromatic nitrogens is 1. The summed E-state index contributed by atoms with van der Waals surface area (Å²) in [5, 5.41) is 7.90. The summed E-state index contributed by atoms with van der Waals surface area (Å²) in [6.45, 7) is 1.16. The van der Waals surface area contributed by atoms with Crippen molar-refractivity contribution in [1.82, 2.24) is 14.8 Å². The SMILES string of the molecule is O=C(Nc1ccc2cc(-c3ccc(NC(=O)[C@@H]4CCCN4C(=O)Cc4ccccc4)nc3)ccc2c1)C1CCCN1C(=O)Cc1ccccc1. The zero-order chi connectivity index (χ0) is 34.5. The summed E-state index contributed by atoms with van der Waals surface area (Å²) in [6.07, 6.45) is 5.15. The Morgan fingerprint density at radius 1 is 0.600 bits per heavy atom. The van der Waals surface area contributed by atoms with Gasteiger partial charge in [-0.1, -0.05) is 78.9 Å². The molecule has 0 radical (unpaired) electrons. The number of amides is 4. The number of hydrogen-bond donors (Lipinski definition) is 2. The molecule has 2 atom stereocenters. The van der Waals surface area contributed by atoms with Crippen molar-refractivity contribution < 1.29 is 19.2 Å². The van der Waals surface area contributed by atoms with Gasteiger partial charge < -0.3 is 20.4 Å². The average Bonchev–Trinajstić information content (AvgIpc) is 3.84. The zero-order valence-corrected chi connectivity index (χ0v) is 27.8. The number of pyridine rings is 1. The highest BCUT2D eigenvalue weighted by Gasteiger charge is 2.35. The van der Waals surface area contributed by atoms with Crippen LogP contribution >= 0.6 is 0 Å². The Labute approximate surface area is 291 Å². The van der Waals surface area contributed by atoms with E-state index in [1.165, 1.54) is 0 Å². The normalized spacial score (nSPS) is 17.1. The molecule has 0 bridgehead atoms. The molecule has 4 aromatic carbocycles. The van der Waals surface area contributed by atoms with Gasteiger partial charge in [0, 0.05) is 30.5 Å². The minimum Gasteiger partial charge on any atom is -0.330 e. The minimum atomic E-state index is -0.512. The van der Waals surface area contributed by atoms with E-state index in [-0.39, 0.29) is 36.5 Å². The fourth-order valence-corrected chi connectivity index (χ4v) is 7.00. The maximum absolute atomic E-state index is 13.3. The Balaban J connectivity index is 0.961. The van der Waals surface area contributed by atoms with Crippen LogP contribution in [0.5, 0.6) is 0 Å². The van der Waals surface area contributed by atoms with Gasteiger partial charge in [0.25, 0.3) is 0 Å². The fraction of sp³-hybridized carbons (Fsp3) is 0.244. The molecule has 252 valence electrons. The summed E-state index contributed by atoms with van der Waals surface area (Å²) in [6, 6.07) is 33.7. The van der Waals surface area contributed by atoms with Gasteiger partial charge in [0.1, 0.15) is 17.9 Å². The van der Waals surface area contributed by atoms with Crippen molar-refractivity contribution in [2.45, 2.75) is 50.6 Å². The molecule has 9 heteroatoms. The van der Waals surface area contributed by atoms with Crippen LogP contribution in [0.2, 0.25) is 0 Å². The standard InChI is InChI=1S/C41H39N5O4/c47-38(23-28-9-3-1-4-10-28)45-21-7-13-35(45)40(49)43-34-19-17-30-25-31(15-16-32(30)26-34)33-18-20-37(42-27-33)44-41(50)36-14-8-22-46(36)39(48)24-29-11-5-2-6-12-29/h1-6,9-12,15-20,25-27,35-36H,7-8,13-14,21-24H2,(H,43,49)(H,42,44,50)/t35?,36-/m0/s1. The van der Waals surface area contributed by atoms with E-state index in [1.807, 2.05) is 97.1 Å². The number of likely N-dealkylation sites (tertiary alicyclic amines) is 2. The van der Waals surface area contributed by atoms with Crippen LogP contribution in [-0.4, -0.2) is 63.6 Å². The predicted molar refractivity (Wildman–Crippen MR) is 194 cm³/mol. The lowest BCUT2D eigenvalue weighted by atomic mass is 10.0. The third kappa shape index (κ3) is 7.42. The summed E-state index contributed by atoms with van der Waals surface area (Å²) < 4.78 is 0. The van der Waals surface area contributed by atoms with Crippen LogP contribution in [0.25, 0.3) is 21.9 Å². The Hall–Kier alpha value is -5.83. The number of nitrogens with zero attached hydrogens (tertiary/aromatic N) is 3. The van der Waals surface area contributed by atoms with Crippen molar-refractivity contribution in [2.75, 3.05) is 23.7 Å². The molecule has 0 spiro atoms. The zero-order valence-electron chi connectivity index (χ0n) is 27.8. The van der Waals surface area contributed by atoms with Gasteiger partial charge in [0.2, 0.25) is 23.6 Å². The van der Waals surface area contributed by atoms with E-state index >= 15 is 0 Å². The molecule has 3 heterocycles. The van der Waals surface area contributed by atoms with E-state index < -0.39 is 12.1 Å². The second kappa shape index (κ2) is 14.7. The average molecular weight is 666 g/mol. The van der Waals surface area contributed by atoms with Gasteiger partial charge in [0.05, 0.1) is 12.8 Å². The van der Waals surface area contributed by atoms with E-state index in [0.717, 1.165) is 45.9 Å². The van der Waals surface area contributed by atoms with E-state index in [2.05, 4.69) is 21.7 Å². The van der Waals surface area contributed by atoms with Gasteiger partial charge in [-0.15, -0.1) is 0 Å². The molecule has 2 saturated heterocycles. The third-order valence-electron chi connectivity index (χ3n) is 9.60. The summed E-state index contributed by atoms with van der Waals surface area (Å²) in [7, 11) is 0. The van der Waals surface area contributed by atoms with Crippen molar-refractivity contribution in [3.8, 4) is 11.1 Å². The number of anilines is 2. The van der Waals surface area contributed by atoms with Gasteiger partial charge in [-0.2, -0.15) is 0 Å². The smallest absolute Gasteiger partial charge is 0.248 e. The van der Waals surface area contributed by atoms with Crippen LogP contribution in [0.15, 0.2) is 115 Å². The van der Waals surface area contributed by atoms with E-state index in [0.29, 0.717) is 37.4 Å². The lowest BCUT2D eigenvalue weighted by Gasteiger charge is -2.24. The molecule has 0 aliphatic carbocycles. The first-order chi connectivity index (χ1) is 24.4. The molecule has 5 aromatic rings. The maximum atomic E-state index is 13.3. The van der Waals surface area contributed by atoms with E-state index in [9.17, 15) is 19.2 Å². The van der Waals surface area contributed by atoms with Gasteiger partial charge in [-0.05, 0) is 83.5 Å². The lowest BCUT2D eigenvalue weighted by molar-refractivity contribution is -0.136. The van der Waals surface area contributed by atoms with Gasteiger partial charge in [-0.25, -0.2) is 4.98 Å². The first-order valence-electron chi connectivity index (χ1n) is 17.2. The lowest BCUT2D eigenvalue weighted by Crippen LogP contribution is -2.43. The molecule has 0 saturated carbocycles. The summed E-state index contributed by atoms with van der Waals surface area (Å²) in [5.74, 6) is -0.0367. The molecule has 1 unspecified atom stereocenters. The maximum Gasteiger partial charge on any atom is 0.248 e. The Morgan fingerprint density at radius 2 is 1.14 bits per heavy atom. The van der Waals surface area contributed by atoms with Crippen molar-refractivity contribution in [1.29, 1.82) is 0 Å². The topological polar surface area (TPSA) is 112 Å². The summed E-state index contributed by atoms with van der Waals surface area (Å²) >= 11 is 0. The van der Waals surface area contributed by atoms with Gasteiger partial charge in [-0.3, -0.25) is 19.2 Å². The fourth-order valence-electron chi connectivity index (χ4n) is 7.00. The number of nitrogens with one attached hydrogen (secondary N) is 2. The molecule has 50 heavy (non-hydrogen) atoms. The Kier molecular flexibility index (Phi) is 9.64. The van der Waals surface area contributed by atoms with Crippen molar-refractivity contribution in [3.05, 3.63) is 127 Å². The van der Waals surface area contributed by atoms with Crippen LogP contribution in [-0.2, 0) is 32.0 Å². The molecule has 7 rings (SSSR count).